The largest absolute Gasteiger partial charge is 0.469 e. The van der Waals surface area contributed by atoms with Crippen LogP contribution in [0.5, 0.6) is 0 Å². The van der Waals surface area contributed by atoms with Gasteiger partial charge >= 0.3 is 5.97 Å². The van der Waals surface area contributed by atoms with E-state index in [9.17, 15) is 4.79 Å². The van der Waals surface area contributed by atoms with E-state index in [0.29, 0.717) is 25.0 Å². The summed E-state index contributed by atoms with van der Waals surface area (Å²) < 4.78 is 9.96. The summed E-state index contributed by atoms with van der Waals surface area (Å²) in [5, 5.41) is 3.49. The monoisotopic (exact) mass is 279 g/mol. The van der Waals surface area contributed by atoms with Gasteiger partial charge in [-0.05, 0) is 17.0 Å². The zero-order chi connectivity index (χ0) is 15.0. The van der Waals surface area contributed by atoms with Crippen LogP contribution in [0, 0.1) is 5.92 Å². The number of benzene rings is 1. The van der Waals surface area contributed by atoms with Gasteiger partial charge in [-0.2, -0.15) is 0 Å². The van der Waals surface area contributed by atoms with Crippen LogP contribution in [0.2, 0.25) is 0 Å². The summed E-state index contributed by atoms with van der Waals surface area (Å²) >= 11 is 0. The maximum atomic E-state index is 11.4. The molecule has 1 aromatic carbocycles. The minimum Gasteiger partial charge on any atom is -0.469 e. The number of rotatable bonds is 8. The highest BCUT2D eigenvalue weighted by atomic mass is 16.5. The zero-order valence-corrected chi connectivity index (χ0v) is 12.8. The van der Waals surface area contributed by atoms with Crippen molar-refractivity contribution in [3.8, 4) is 0 Å². The van der Waals surface area contributed by atoms with Crippen molar-refractivity contribution in [3.63, 3.8) is 0 Å². The molecule has 0 heterocycles. The third kappa shape index (κ3) is 5.31. The smallest absolute Gasteiger partial charge is 0.309 e. The van der Waals surface area contributed by atoms with Gasteiger partial charge in [0.15, 0.2) is 0 Å². The lowest BCUT2D eigenvalue weighted by molar-refractivity contribution is -0.139. The van der Waals surface area contributed by atoms with Crippen LogP contribution in [0.3, 0.4) is 0 Å². The first-order chi connectivity index (χ1) is 9.58. The van der Waals surface area contributed by atoms with Crippen LogP contribution >= 0.6 is 0 Å². The van der Waals surface area contributed by atoms with E-state index in [1.165, 1.54) is 7.11 Å². The number of ether oxygens (including phenoxy) is 2. The van der Waals surface area contributed by atoms with Crippen LogP contribution in [-0.4, -0.2) is 32.8 Å². The summed E-state index contributed by atoms with van der Waals surface area (Å²) in [6.07, 6.45) is 0.310. The van der Waals surface area contributed by atoms with Crippen LogP contribution in [0.15, 0.2) is 24.3 Å². The van der Waals surface area contributed by atoms with Crippen LogP contribution in [0.1, 0.15) is 25.0 Å². The third-order valence-electron chi connectivity index (χ3n) is 3.39. The van der Waals surface area contributed by atoms with Crippen molar-refractivity contribution in [1.82, 2.24) is 5.32 Å². The first-order valence-corrected chi connectivity index (χ1v) is 6.94. The molecule has 1 unspecified atom stereocenters. The lowest BCUT2D eigenvalue weighted by Gasteiger charge is -2.22. The molecule has 0 amide bonds. The summed E-state index contributed by atoms with van der Waals surface area (Å²) in [6, 6.07) is 8.23. The average molecular weight is 279 g/mol. The SMILES string of the molecule is COCC(NCc1ccccc1CC(=O)OC)C(C)C. The predicted octanol–water partition coefficient (Wildman–Crippen LogP) is 2.16. The van der Waals surface area contributed by atoms with Gasteiger partial charge in [0, 0.05) is 19.7 Å². The second-order valence-electron chi connectivity index (χ2n) is 5.21. The lowest BCUT2D eigenvalue weighted by atomic mass is 10.0. The number of carbonyl (C=O) groups excluding carboxylic acids is 1. The van der Waals surface area contributed by atoms with Gasteiger partial charge in [0.25, 0.3) is 0 Å². The van der Waals surface area contributed by atoms with Crippen molar-refractivity contribution in [1.29, 1.82) is 0 Å². The molecule has 1 N–H and O–H groups in total. The molecule has 0 radical (unpaired) electrons. The van der Waals surface area contributed by atoms with E-state index in [1.54, 1.807) is 7.11 Å². The van der Waals surface area contributed by atoms with Crippen molar-refractivity contribution < 1.29 is 14.3 Å². The minimum atomic E-state index is -0.213. The number of hydrogen-bond donors (Lipinski definition) is 1. The molecule has 1 atom stereocenters. The van der Waals surface area contributed by atoms with Crippen molar-refractivity contribution >= 4 is 5.97 Å². The van der Waals surface area contributed by atoms with E-state index in [2.05, 4.69) is 19.2 Å². The standard InChI is InChI=1S/C16H25NO3/c1-12(2)15(11-19-3)17-10-14-8-6-5-7-13(14)9-16(18)20-4/h5-8,12,15,17H,9-11H2,1-4H3. The number of carbonyl (C=O) groups is 1. The summed E-state index contributed by atoms with van der Waals surface area (Å²) in [5.41, 5.74) is 2.13. The Hall–Kier alpha value is -1.39. The fourth-order valence-corrected chi connectivity index (χ4v) is 2.04. The summed E-state index contributed by atoms with van der Waals surface area (Å²) in [5.74, 6) is 0.275. The van der Waals surface area contributed by atoms with Gasteiger partial charge in [0.2, 0.25) is 0 Å². The quantitative estimate of drug-likeness (QED) is 0.741. The maximum absolute atomic E-state index is 11.4. The molecule has 0 saturated heterocycles. The predicted molar refractivity (Wildman–Crippen MR) is 79.5 cm³/mol. The van der Waals surface area contributed by atoms with Crippen molar-refractivity contribution in [2.45, 2.75) is 32.9 Å². The number of hydrogen-bond acceptors (Lipinski definition) is 4. The van der Waals surface area contributed by atoms with Crippen LogP contribution in [-0.2, 0) is 27.2 Å². The molecule has 1 rings (SSSR count). The molecule has 0 aromatic heterocycles. The van der Waals surface area contributed by atoms with Crippen LogP contribution in [0.25, 0.3) is 0 Å². The highest BCUT2D eigenvalue weighted by Crippen LogP contribution is 2.11. The fraction of sp³-hybridized carbons (Fsp3) is 0.562. The Balaban J connectivity index is 2.69. The Kier molecular flexibility index (Phi) is 7.26. The van der Waals surface area contributed by atoms with Crippen molar-refractivity contribution in [3.05, 3.63) is 35.4 Å². The van der Waals surface area contributed by atoms with Gasteiger partial charge in [-0.25, -0.2) is 0 Å². The van der Waals surface area contributed by atoms with Crippen LogP contribution < -0.4 is 5.32 Å². The number of nitrogens with one attached hydrogen (secondary N) is 1. The second kappa shape index (κ2) is 8.72. The molecule has 0 aliphatic carbocycles. The van der Waals surface area contributed by atoms with Gasteiger partial charge in [0.1, 0.15) is 0 Å². The number of esters is 1. The van der Waals surface area contributed by atoms with Gasteiger partial charge in [-0.3, -0.25) is 4.79 Å². The van der Waals surface area contributed by atoms with Gasteiger partial charge < -0.3 is 14.8 Å². The maximum Gasteiger partial charge on any atom is 0.309 e. The Morgan fingerprint density at radius 3 is 2.40 bits per heavy atom. The molecular formula is C16H25NO3. The summed E-state index contributed by atoms with van der Waals surface area (Å²) in [7, 11) is 3.12. The first kappa shape index (κ1) is 16.7. The minimum absolute atomic E-state index is 0.213. The molecule has 4 nitrogen and oxygen atoms in total. The molecule has 0 bridgehead atoms. The average Bonchev–Trinajstić information content (AvgIpc) is 2.44. The Labute approximate surface area is 121 Å². The van der Waals surface area contributed by atoms with E-state index in [-0.39, 0.29) is 5.97 Å². The van der Waals surface area contributed by atoms with Crippen molar-refractivity contribution in [2.24, 2.45) is 5.92 Å². The molecule has 1 aromatic rings. The normalized spacial score (nSPS) is 12.4. The zero-order valence-electron chi connectivity index (χ0n) is 12.8. The molecule has 112 valence electrons. The molecule has 0 spiro atoms. The topological polar surface area (TPSA) is 47.6 Å². The summed E-state index contributed by atoms with van der Waals surface area (Å²) in [6.45, 7) is 5.73. The Morgan fingerprint density at radius 1 is 1.20 bits per heavy atom. The van der Waals surface area contributed by atoms with E-state index in [4.69, 9.17) is 9.47 Å². The van der Waals surface area contributed by atoms with E-state index in [0.717, 1.165) is 17.7 Å². The lowest BCUT2D eigenvalue weighted by Crippen LogP contribution is -2.37. The summed E-state index contributed by atoms with van der Waals surface area (Å²) in [4.78, 5) is 11.4. The molecule has 0 aliphatic rings. The van der Waals surface area contributed by atoms with E-state index < -0.39 is 0 Å². The number of methoxy groups -OCH3 is 2. The molecule has 0 aliphatic heterocycles. The van der Waals surface area contributed by atoms with Gasteiger partial charge in [0.05, 0.1) is 20.1 Å². The second-order valence-corrected chi connectivity index (χ2v) is 5.21. The van der Waals surface area contributed by atoms with E-state index in [1.807, 2.05) is 24.3 Å². The molecule has 20 heavy (non-hydrogen) atoms. The first-order valence-electron chi connectivity index (χ1n) is 6.94. The van der Waals surface area contributed by atoms with E-state index >= 15 is 0 Å². The Bertz CT molecular complexity index is 418. The fourth-order valence-electron chi connectivity index (χ4n) is 2.04. The Morgan fingerprint density at radius 2 is 1.85 bits per heavy atom. The molecule has 4 heteroatoms. The highest BCUT2D eigenvalue weighted by Gasteiger charge is 2.14. The van der Waals surface area contributed by atoms with Crippen LogP contribution in [0.4, 0.5) is 0 Å². The molecule has 0 fully saturated rings. The molecule has 0 saturated carbocycles. The molecular weight excluding hydrogens is 254 g/mol. The van der Waals surface area contributed by atoms with Gasteiger partial charge in [-0.15, -0.1) is 0 Å². The van der Waals surface area contributed by atoms with Gasteiger partial charge in [-0.1, -0.05) is 38.1 Å². The third-order valence-corrected chi connectivity index (χ3v) is 3.39. The van der Waals surface area contributed by atoms with Crippen molar-refractivity contribution in [2.75, 3.05) is 20.8 Å². The highest BCUT2D eigenvalue weighted by molar-refractivity contribution is 5.72.